The van der Waals surface area contributed by atoms with Gasteiger partial charge in [0.25, 0.3) is 0 Å². The molecule has 3 rings (SSSR count). The molecule has 2 heteroatoms. The molecule has 1 aliphatic carbocycles. The van der Waals surface area contributed by atoms with Crippen LogP contribution in [-0.4, -0.2) is 19.7 Å². The van der Waals surface area contributed by atoms with Crippen LogP contribution < -0.4 is 10.1 Å². The highest BCUT2D eigenvalue weighted by atomic mass is 16.5. The first-order valence-electron chi connectivity index (χ1n) is 6.29. The second kappa shape index (κ2) is 4.10. The molecule has 0 spiro atoms. The van der Waals surface area contributed by atoms with E-state index in [1.54, 1.807) is 0 Å². The van der Waals surface area contributed by atoms with Crippen LogP contribution in [0.1, 0.15) is 30.7 Å². The van der Waals surface area contributed by atoms with E-state index in [0.29, 0.717) is 12.0 Å². The van der Waals surface area contributed by atoms with E-state index in [1.807, 2.05) is 0 Å². The molecular weight excluding hydrogens is 198 g/mol. The Morgan fingerprint density at radius 2 is 2.12 bits per heavy atom. The number of likely N-dealkylation sites (N-methyl/N-ethyl adjacent to an activating group) is 1. The van der Waals surface area contributed by atoms with E-state index in [4.69, 9.17) is 4.74 Å². The SMILES string of the molecule is CNC(C1CCC1)C1COc2ccccc21. The largest absolute Gasteiger partial charge is 0.493 e. The zero-order valence-corrected chi connectivity index (χ0v) is 9.78. The van der Waals surface area contributed by atoms with E-state index in [1.165, 1.54) is 24.8 Å². The first-order chi connectivity index (χ1) is 7.90. The van der Waals surface area contributed by atoms with Crippen LogP contribution in [0.15, 0.2) is 24.3 Å². The highest BCUT2D eigenvalue weighted by Crippen LogP contribution is 2.41. The van der Waals surface area contributed by atoms with Gasteiger partial charge in [0.1, 0.15) is 5.75 Å². The first kappa shape index (κ1) is 10.2. The molecule has 1 N–H and O–H groups in total. The summed E-state index contributed by atoms with van der Waals surface area (Å²) in [7, 11) is 2.09. The van der Waals surface area contributed by atoms with E-state index < -0.39 is 0 Å². The van der Waals surface area contributed by atoms with Gasteiger partial charge in [0.2, 0.25) is 0 Å². The standard InChI is InChI=1S/C14H19NO/c1-15-14(10-5-4-6-10)12-9-16-13-8-3-2-7-11(12)13/h2-3,7-8,10,12,14-15H,4-6,9H2,1H3. The fraction of sp³-hybridized carbons (Fsp3) is 0.571. The van der Waals surface area contributed by atoms with Crippen LogP contribution in [0.5, 0.6) is 5.75 Å². The van der Waals surface area contributed by atoms with Crippen molar-refractivity contribution in [3.8, 4) is 5.75 Å². The van der Waals surface area contributed by atoms with Crippen molar-refractivity contribution in [2.75, 3.05) is 13.7 Å². The molecule has 86 valence electrons. The highest BCUT2D eigenvalue weighted by molar-refractivity contribution is 5.40. The Morgan fingerprint density at radius 3 is 2.81 bits per heavy atom. The van der Waals surface area contributed by atoms with Crippen molar-refractivity contribution in [3.05, 3.63) is 29.8 Å². The third kappa shape index (κ3) is 1.52. The highest BCUT2D eigenvalue weighted by Gasteiger charge is 2.37. The Hall–Kier alpha value is -1.02. The van der Waals surface area contributed by atoms with E-state index in [0.717, 1.165) is 18.3 Å². The summed E-state index contributed by atoms with van der Waals surface area (Å²) < 4.78 is 5.77. The van der Waals surface area contributed by atoms with E-state index in [9.17, 15) is 0 Å². The second-order valence-electron chi connectivity index (χ2n) is 4.96. The molecule has 16 heavy (non-hydrogen) atoms. The summed E-state index contributed by atoms with van der Waals surface area (Å²) in [5, 5.41) is 3.51. The quantitative estimate of drug-likeness (QED) is 0.840. The van der Waals surface area contributed by atoms with Crippen molar-refractivity contribution >= 4 is 0 Å². The van der Waals surface area contributed by atoms with Gasteiger partial charge in [-0.3, -0.25) is 0 Å². The van der Waals surface area contributed by atoms with Crippen LogP contribution in [0.2, 0.25) is 0 Å². The molecule has 0 bridgehead atoms. The zero-order chi connectivity index (χ0) is 11.0. The molecule has 0 saturated heterocycles. The zero-order valence-electron chi connectivity index (χ0n) is 9.78. The smallest absolute Gasteiger partial charge is 0.122 e. The number of rotatable bonds is 3. The maximum Gasteiger partial charge on any atom is 0.122 e. The van der Waals surface area contributed by atoms with Crippen molar-refractivity contribution in [3.63, 3.8) is 0 Å². The number of benzene rings is 1. The summed E-state index contributed by atoms with van der Waals surface area (Å²) in [4.78, 5) is 0. The van der Waals surface area contributed by atoms with Gasteiger partial charge in [0, 0.05) is 17.5 Å². The van der Waals surface area contributed by atoms with Gasteiger partial charge in [-0.1, -0.05) is 24.6 Å². The van der Waals surface area contributed by atoms with Gasteiger partial charge in [0.05, 0.1) is 6.61 Å². The van der Waals surface area contributed by atoms with Crippen molar-refractivity contribution < 1.29 is 4.74 Å². The Bertz CT molecular complexity index is 373. The van der Waals surface area contributed by atoms with Crippen LogP contribution >= 0.6 is 0 Å². The number of hydrogen-bond donors (Lipinski definition) is 1. The van der Waals surface area contributed by atoms with Gasteiger partial charge in [-0.25, -0.2) is 0 Å². The maximum atomic E-state index is 5.77. The predicted octanol–water partition coefficient (Wildman–Crippen LogP) is 2.55. The van der Waals surface area contributed by atoms with E-state index in [2.05, 4.69) is 36.6 Å². The Morgan fingerprint density at radius 1 is 1.31 bits per heavy atom. The molecule has 1 heterocycles. The van der Waals surface area contributed by atoms with Gasteiger partial charge in [-0.2, -0.15) is 0 Å². The Labute approximate surface area is 97.0 Å². The van der Waals surface area contributed by atoms with E-state index in [-0.39, 0.29) is 0 Å². The van der Waals surface area contributed by atoms with Crippen LogP contribution in [0.4, 0.5) is 0 Å². The summed E-state index contributed by atoms with van der Waals surface area (Å²) >= 11 is 0. The van der Waals surface area contributed by atoms with Crippen LogP contribution in [0.3, 0.4) is 0 Å². The van der Waals surface area contributed by atoms with E-state index >= 15 is 0 Å². The average molecular weight is 217 g/mol. The minimum atomic E-state index is 0.548. The summed E-state index contributed by atoms with van der Waals surface area (Å²) in [5.74, 6) is 2.49. The lowest BCUT2D eigenvalue weighted by atomic mass is 9.74. The number of nitrogens with one attached hydrogen (secondary N) is 1. The molecule has 0 radical (unpaired) electrons. The summed E-state index contributed by atoms with van der Waals surface area (Å²) in [6.45, 7) is 0.849. The predicted molar refractivity (Wildman–Crippen MR) is 64.9 cm³/mol. The Balaban J connectivity index is 1.84. The number of fused-ring (bicyclic) bond motifs is 1. The van der Waals surface area contributed by atoms with Gasteiger partial charge >= 0.3 is 0 Å². The minimum absolute atomic E-state index is 0.548. The van der Waals surface area contributed by atoms with Crippen LogP contribution in [0, 0.1) is 5.92 Å². The third-order valence-electron chi connectivity index (χ3n) is 4.16. The van der Waals surface area contributed by atoms with Crippen LogP contribution in [-0.2, 0) is 0 Å². The number of para-hydroxylation sites is 1. The van der Waals surface area contributed by atoms with Crippen LogP contribution in [0.25, 0.3) is 0 Å². The molecule has 1 aromatic rings. The lowest BCUT2D eigenvalue weighted by Gasteiger charge is -2.36. The fourth-order valence-electron chi connectivity index (χ4n) is 3.05. The topological polar surface area (TPSA) is 21.3 Å². The molecular formula is C14H19NO. The lowest BCUT2D eigenvalue weighted by Crippen LogP contribution is -2.42. The van der Waals surface area contributed by atoms with Gasteiger partial charge < -0.3 is 10.1 Å². The monoisotopic (exact) mass is 217 g/mol. The van der Waals surface area contributed by atoms with Crippen molar-refractivity contribution in [2.45, 2.75) is 31.2 Å². The van der Waals surface area contributed by atoms with Crippen molar-refractivity contribution in [2.24, 2.45) is 5.92 Å². The van der Waals surface area contributed by atoms with Crippen molar-refractivity contribution in [1.29, 1.82) is 0 Å². The molecule has 1 saturated carbocycles. The summed E-state index contributed by atoms with van der Waals surface area (Å²) in [5.41, 5.74) is 1.40. The maximum absolute atomic E-state index is 5.77. The Kier molecular flexibility index (Phi) is 2.60. The summed E-state index contributed by atoms with van der Waals surface area (Å²) in [6, 6.07) is 9.07. The van der Waals surface area contributed by atoms with Gasteiger partial charge in [0.15, 0.2) is 0 Å². The normalized spacial score (nSPS) is 25.7. The number of ether oxygens (including phenoxy) is 1. The summed E-state index contributed by atoms with van der Waals surface area (Å²) in [6.07, 6.45) is 4.16. The molecule has 1 aliphatic heterocycles. The van der Waals surface area contributed by atoms with Crippen molar-refractivity contribution in [1.82, 2.24) is 5.32 Å². The molecule has 2 atom stereocenters. The molecule has 1 aromatic carbocycles. The lowest BCUT2D eigenvalue weighted by molar-refractivity contribution is 0.192. The average Bonchev–Trinajstić information content (AvgIpc) is 2.67. The molecule has 1 fully saturated rings. The molecule has 0 aromatic heterocycles. The molecule has 2 unspecified atom stereocenters. The fourth-order valence-corrected chi connectivity index (χ4v) is 3.05. The number of hydrogen-bond acceptors (Lipinski definition) is 2. The minimum Gasteiger partial charge on any atom is -0.493 e. The van der Waals surface area contributed by atoms with Gasteiger partial charge in [-0.15, -0.1) is 0 Å². The molecule has 0 amide bonds. The third-order valence-corrected chi connectivity index (χ3v) is 4.16. The van der Waals surface area contributed by atoms with Gasteiger partial charge in [-0.05, 0) is 31.9 Å². The molecule has 2 nitrogen and oxygen atoms in total. The molecule has 2 aliphatic rings. The first-order valence-corrected chi connectivity index (χ1v) is 6.29. The second-order valence-corrected chi connectivity index (χ2v) is 4.96.